The maximum Gasteiger partial charge on any atom is 0.290 e. The second-order valence-electron chi connectivity index (χ2n) is 4.71. The first kappa shape index (κ1) is 15.0. The van der Waals surface area contributed by atoms with E-state index in [1.54, 1.807) is 17.5 Å². The maximum atomic E-state index is 12.7. The van der Waals surface area contributed by atoms with Gasteiger partial charge in [-0.15, -0.1) is 22.7 Å². The van der Waals surface area contributed by atoms with Crippen LogP contribution in [0.2, 0.25) is 0 Å². The number of thiophene rings is 2. The zero-order chi connectivity index (χ0) is 15.7. The van der Waals surface area contributed by atoms with E-state index >= 15 is 0 Å². The minimum Gasteiger partial charge on any atom is -0.503 e. The molecule has 0 aliphatic carbocycles. The van der Waals surface area contributed by atoms with Crippen molar-refractivity contribution in [2.75, 3.05) is 13.2 Å². The summed E-state index contributed by atoms with van der Waals surface area (Å²) in [6.07, 6.45) is 0. The monoisotopic (exact) mass is 335 g/mol. The minimum absolute atomic E-state index is 0.0622. The van der Waals surface area contributed by atoms with E-state index in [2.05, 4.69) is 0 Å². The molecule has 22 heavy (non-hydrogen) atoms. The van der Waals surface area contributed by atoms with Gasteiger partial charge in [0.25, 0.3) is 5.91 Å². The number of ketones is 1. The van der Waals surface area contributed by atoms with Crippen molar-refractivity contribution in [1.82, 2.24) is 4.90 Å². The number of β-amino-alcohol motifs (C(OH)–C–C–N with tert-alkyl or cyclic N) is 1. The van der Waals surface area contributed by atoms with E-state index in [9.17, 15) is 19.8 Å². The van der Waals surface area contributed by atoms with E-state index in [0.29, 0.717) is 4.88 Å². The largest absolute Gasteiger partial charge is 0.503 e. The topological polar surface area (TPSA) is 77.8 Å². The Morgan fingerprint density at radius 1 is 1.23 bits per heavy atom. The summed E-state index contributed by atoms with van der Waals surface area (Å²) in [5, 5.41) is 23.0. The van der Waals surface area contributed by atoms with E-state index in [0.717, 1.165) is 4.88 Å². The molecule has 0 saturated carbocycles. The Hall–Kier alpha value is -1.96. The molecule has 1 aliphatic rings. The molecule has 0 aromatic carbocycles. The summed E-state index contributed by atoms with van der Waals surface area (Å²) in [7, 11) is 0. The van der Waals surface area contributed by atoms with Crippen molar-refractivity contribution in [3.05, 3.63) is 56.1 Å². The van der Waals surface area contributed by atoms with Crippen LogP contribution in [0.3, 0.4) is 0 Å². The minimum atomic E-state index is -0.644. The van der Waals surface area contributed by atoms with Crippen molar-refractivity contribution >= 4 is 34.4 Å². The van der Waals surface area contributed by atoms with Gasteiger partial charge in [-0.3, -0.25) is 9.59 Å². The third-order valence-corrected chi connectivity index (χ3v) is 5.24. The number of nitrogens with zero attached hydrogens (tertiary/aromatic N) is 1. The predicted octanol–water partition coefficient (Wildman–Crippen LogP) is 2.38. The molecule has 7 heteroatoms. The first-order valence-electron chi connectivity index (χ1n) is 6.61. The van der Waals surface area contributed by atoms with Crippen LogP contribution in [-0.2, 0) is 4.79 Å². The molecule has 3 heterocycles. The number of amides is 1. The Morgan fingerprint density at radius 3 is 2.55 bits per heavy atom. The molecule has 0 bridgehead atoms. The summed E-state index contributed by atoms with van der Waals surface area (Å²) in [4.78, 5) is 27.5. The molecule has 0 spiro atoms. The van der Waals surface area contributed by atoms with Gasteiger partial charge < -0.3 is 15.1 Å². The van der Waals surface area contributed by atoms with Crippen molar-refractivity contribution in [3.8, 4) is 0 Å². The zero-order valence-corrected chi connectivity index (χ0v) is 13.1. The molecule has 1 unspecified atom stereocenters. The Kier molecular flexibility index (Phi) is 4.10. The summed E-state index contributed by atoms with van der Waals surface area (Å²) < 4.78 is 0. The molecule has 1 aliphatic heterocycles. The van der Waals surface area contributed by atoms with Crippen LogP contribution in [0.1, 0.15) is 20.6 Å². The number of hydrogen-bond donors (Lipinski definition) is 2. The van der Waals surface area contributed by atoms with Gasteiger partial charge in [-0.2, -0.15) is 0 Å². The van der Waals surface area contributed by atoms with Crippen LogP contribution in [0.15, 0.2) is 46.4 Å². The summed E-state index contributed by atoms with van der Waals surface area (Å²) >= 11 is 2.67. The second kappa shape index (κ2) is 6.04. The second-order valence-corrected chi connectivity index (χ2v) is 6.64. The van der Waals surface area contributed by atoms with Crippen LogP contribution in [0.5, 0.6) is 0 Å². The third-order valence-electron chi connectivity index (χ3n) is 3.45. The van der Waals surface area contributed by atoms with Crippen molar-refractivity contribution in [3.63, 3.8) is 0 Å². The van der Waals surface area contributed by atoms with Gasteiger partial charge in [0.2, 0.25) is 5.78 Å². The van der Waals surface area contributed by atoms with Gasteiger partial charge in [0.15, 0.2) is 5.76 Å². The van der Waals surface area contributed by atoms with Gasteiger partial charge in [-0.1, -0.05) is 12.1 Å². The highest BCUT2D eigenvalue weighted by Gasteiger charge is 2.44. The van der Waals surface area contributed by atoms with Crippen LogP contribution in [-0.4, -0.2) is 40.0 Å². The smallest absolute Gasteiger partial charge is 0.290 e. The molecule has 2 aromatic heterocycles. The fourth-order valence-electron chi connectivity index (χ4n) is 2.51. The molecule has 0 saturated heterocycles. The Morgan fingerprint density at radius 2 is 1.95 bits per heavy atom. The molecular weight excluding hydrogens is 322 g/mol. The number of Topliss-reactive ketones (excluding diaryl/α,β-unsaturated/α-hetero) is 1. The molecule has 1 amide bonds. The average molecular weight is 335 g/mol. The number of rotatable bonds is 5. The summed E-state index contributed by atoms with van der Waals surface area (Å²) in [5.74, 6) is -1.49. The first-order valence-corrected chi connectivity index (χ1v) is 8.37. The number of aliphatic hydroxyl groups is 2. The van der Waals surface area contributed by atoms with Crippen LogP contribution in [0, 0.1) is 0 Å². The Balaban J connectivity index is 2.08. The van der Waals surface area contributed by atoms with E-state index in [1.165, 1.54) is 27.6 Å². The van der Waals surface area contributed by atoms with Gasteiger partial charge in [0.1, 0.15) is 0 Å². The quantitative estimate of drug-likeness (QED) is 0.823. The average Bonchev–Trinajstić information content (AvgIpc) is 3.24. The number of carbonyl (C=O) groups excluding carboxylic acids is 2. The molecule has 3 rings (SSSR count). The summed E-state index contributed by atoms with van der Waals surface area (Å²) in [6.45, 7) is -0.173. The van der Waals surface area contributed by atoms with Crippen molar-refractivity contribution in [2.45, 2.75) is 6.04 Å². The summed E-state index contributed by atoms with van der Waals surface area (Å²) in [6, 6.07) is 6.40. The number of carbonyl (C=O) groups is 2. The molecule has 1 atom stereocenters. The maximum absolute atomic E-state index is 12.7. The molecule has 2 N–H and O–H groups in total. The summed E-state index contributed by atoms with van der Waals surface area (Å²) in [5.41, 5.74) is 0.0864. The molecule has 0 radical (unpaired) electrons. The number of aliphatic hydroxyl groups excluding tert-OH is 2. The van der Waals surface area contributed by atoms with Gasteiger partial charge in [-0.25, -0.2) is 0 Å². The lowest BCUT2D eigenvalue weighted by Crippen LogP contribution is -2.33. The van der Waals surface area contributed by atoms with Gasteiger partial charge in [0.05, 0.1) is 23.1 Å². The van der Waals surface area contributed by atoms with E-state index < -0.39 is 17.7 Å². The third kappa shape index (κ3) is 2.37. The number of hydrogen-bond acceptors (Lipinski definition) is 6. The highest BCUT2D eigenvalue weighted by atomic mass is 32.1. The molecule has 5 nitrogen and oxygen atoms in total. The Labute approximate surface area is 134 Å². The predicted molar refractivity (Wildman–Crippen MR) is 84.2 cm³/mol. The lowest BCUT2D eigenvalue weighted by atomic mass is 10.0. The molecular formula is C15H13NO4S2. The first-order chi connectivity index (χ1) is 10.6. The lowest BCUT2D eigenvalue weighted by Gasteiger charge is -2.24. The van der Waals surface area contributed by atoms with Crippen LogP contribution in [0.25, 0.3) is 0 Å². The fourth-order valence-corrected chi connectivity index (χ4v) is 4.03. The molecule has 114 valence electrons. The van der Waals surface area contributed by atoms with Gasteiger partial charge in [0, 0.05) is 11.4 Å². The van der Waals surface area contributed by atoms with E-state index in [1.807, 2.05) is 17.5 Å². The normalized spacial score (nSPS) is 18.3. The highest BCUT2D eigenvalue weighted by molar-refractivity contribution is 7.12. The van der Waals surface area contributed by atoms with E-state index in [4.69, 9.17) is 0 Å². The highest BCUT2D eigenvalue weighted by Crippen LogP contribution is 2.40. The van der Waals surface area contributed by atoms with Crippen molar-refractivity contribution in [2.24, 2.45) is 0 Å². The van der Waals surface area contributed by atoms with Crippen LogP contribution < -0.4 is 0 Å². The van der Waals surface area contributed by atoms with E-state index in [-0.39, 0.29) is 24.5 Å². The SMILES string of the molecule is O=C(C1=C(O)C(=O)N(CCO)C1c1cccs1)c1cccs1. The molecule has 2 aromatic rings. The Bertz CT molecular complexity index is 719. The van der Waals surface area contributed by atoms with Crippen molar-refractivity contribution < 1.29 is 19.8 Å². The van der Waals surface area contributed by atoms with Crippen LogP contribution in [0.4, 0.5) is 0 Å². The standard InChI is InChI=1S/C15H13NO4S2/c17-6-5-16-12(9-3-1-7-21-9)11(14(19)15(16)20)13(18)10-4-2-8-22-10/h1-4,7-8,12,17,19H,5-6H2. The van der Waals surface area contributed by atoms with Gasteiger partial charge >= 0.3 is 0 Å². The molecule has 0 fully saturated rings. The van der Waals surface area contributed by atoms with Crippen LogP contribution >= 0.6 is 22.7 Å². The lowest BCUT2D eigenvalue weighted by molar-refractivity contribution is -0.129. The fraction of sp³-hybridized carbons (Fsp3) is 0.200. The zero-order valence-electron chi connectivity index (χ0n) is 11.4. The van der Waals surface area contributed by atoms with Crippen molar-refractivity contribution in [1.29, 1.82) is 0 Å². The van der Waals surface area contributed by atoms with Gasteiger partial charge in [-0.05, 0) is 22.9 Å².